The van der Waals surface area contributed by atoms with Crippen molar-refractivity contribution in [3.05, 3.63) is 76.1 Å². The molecule has 1 aromatic carbocycles. The fourth-order valence-electron chi connectivity index (χ4n) is 2.16. The van der Waals surface area contributed by atoms with Gasteiger partial charge in [0.1, 0.15) is 11.4 Å². The minimum absolute atomic E-state index is 0.0489. The molecule has 0 aliphatic carbocycles. The van der Waals surface area contributed by atoms with Gasteiger partial charge in [-0.3, -0.25) is 14.6 Å². The first-order valence-corrected chi connectivity index (χ1v) is 6.64. The lowest BCUT2D eigenvalue weighted by molar-refractivity contribution is 0.0949. The number of rotatable bonds is 3. The van der Waals surface area contributed by atoms with Gasteiger partial charge in [-0.25, -0.2) is 4.39 Å². The first-order valence-electron chi connectivity index (χ1n) is 6.64. The first-order chi connectivity index (χ1) is 10.7. The number of carbonyl (C=O) groups is 1. The van der Waals surface area contributed by atoms with E-state index in [2.05, 4.69) is 15.3 Å². The summed E-state index contributed by atoms with van der Waals surface area (Å²) in [5.74, 6) is -1.04. The molecule has 3 rings (SSSR count). The molecule has 6 heteroatoms. The number of aromatic nitrogens is 2. The zero-order valence-electron chi connectivity index (χ0n) is 11.5. The minimum atomic E-state index is -0.529. The third kappa shape index (κ3) is 2.58. The van der Waals surface area contributed by atoms with Crippen molar-refractivity contribution in [1.29, 1.82) is 0 Å². The zero-order chi connectivity index (χ0) is 15.5. The van der Waals surface area contributed by atoms with E-state index in [1.807, 2.05) is 0 Å². The summed E-state index contributed by atoms with van der Waals surface area (Å²) in [6.45, 7) is 0.280. The summed E-state index contributed by atoms with van der Waals surface area (Å²) >= 11 is 0. The molecule has 2 aromatic heterocycles. The Morgan fingerprint density at radius 2 is 2.00 bits per heavy atom. The van der Waals surface area contributed by atoms with Crippen LogP contribution in [0.15, 0.2) is 53.7 Å². The fourth-order valence-corrected chi connectivity index (χ4v) is 2.16. The van der Waals surface area contributed by atoms with E-state index < -0.39 is 17.2 Å². The number of H-pyrrole nitrogens is 1. The smallest absolute Gasteiger partial charge is 0.257 e. The Hall–Kier alpha value is -3.02. The highest BCUT2D eigenvalue weighted by Gasteiger charge is 2.14. The Morgan fingerprint density at radius 3 is 2.77 bits per heavy atom. The second-order valence-electron chi connectivity index (χ2n) is 4.73. The Bertz CT molecular complexity index is 891. The Balaban J connectivity index is 1.88. The Labute approximate surface area is 124 Å². The Kier molecular flexibility index (Phi) is 3.65. The van der Waals surface area contributed by atoms with Gasteiger partial charge in [-0.2, -0.15) is 0 Å². The van der Waals surface area contributed by atoms with Gasteiger partial charge in [-0.05, 0) is 29.8 Å². The van der Waals surface area contributed by atoms with Gasteiger partial charge in [0.25, 0.3) is 5.91 Å². The quantitative estimate of drug-likeness (QED) is 0.776. The van der Waals surface area contributed by atoms with E-state index >= 15 is 0 Å². The molecule has 0 atom stereocenters. The molecule has 1 amide bonds. The molecule has 3 aromatic rings. The number of aromatic amines is 1. The maximum Gasteiger partial charge on any atom is 0.257 e. The van der Waals surface area contributed by atoms with Crippen LogP contribution in [0.3, 0.4) is 0 Å². The van der Waals surface area contributed by atoms with Crippen molar-refractivity contribution in [1.82, 2.24) is 15.3 Å². The number of hydrogen-bond acceptors (Lipinski definition) is 3. The van der Waals surface area contributed by atoms with Crippen LogP contribution in [0.4, 0.5) is 4.39 Å². The summed E-state index contributed by atoms with van der Waals surface area (Å²) in [6.07, 6.45) is 4.47. The average Bonchev–Trinajstić information content (AvgIpc) is 2.55. The number of nitrogens with zero attached hydrogens (tertiary/aromatic N) is 1. The molecule has 0 bridgehead atoms. The van der Waals surface area contributed by atoms with Crippen LogP contribution < -0.4 is 10.7 Å². The number of hydrogen-bond donors (Lipinski definition) is 2. The molecule has 110 valence electrons. The number of nitrogens with one attached hydrogen (secondary N) is 2. The van der Waals surface area contributed by atoms with E-state index in [-0.39, 0.29) is 23.0 Å². The third-order valence-electron chi connectivity index (χ3n) is 3.31. The normalized spacial score (nSPS) is 10.6. The van der Waals surface area contributed by atoms with Crippen molar-refractivity contribution in [3.63, 3.8) is 0 Å². The fraction of sp³-hybridized carbons (Fsp3) is 0.0625. The molecule has 22 heavy (non-hydrogen) atoms. The minimum Gasteiger partial charge on any atom is -0.358 e. The van der Waals surface area contributed by atoms with Crippen LogP contribution in [-0.4, -0.2) is 15.9 Å². The second-order valence-corrected chi connectivity index (χ2v) is 4.73. The number of fused-ring (bicyclic) bond motifs is 1. The van der Waals surface area contributed by atoms with Crippen LogP contribution in [-0.2, 0) is 6.54 Å². The SMILES string of the molecule is O=C(NCc1ccncc1)c1c[nH]c2c(F)cccc2c1=O. The number of amides is 1. The monoisotopic (exact) mass is 297 g/mol. The molecule has 0 fully saturated rings. The van der Waals surface area contributed by atoms with Gasteiger partial charge in [0.05, 0.1) is 5.52 Å². The number of pyridine rings is 2. The van der Waals surface area contributed by atoms with Crippen LogP contribution in [0, 0.1) is 5.82 Å². The third-order valence-corrected chi connectivity index (χ3v) is 3.31. The largest absolute Gasteiger partial charge is 0.358 e. The molecule has 0 saturated carbocycles. The Morgan fingerprint density at radius 1 is 1.23 bits per heavy atom. The van der Waals surface area contributed by atoms with Crippen molar-refractivity contribution in [3.8, 4) is 0 Å². The molecular weight excluding hydrogens is 285 g/mol. The summed E-state index contributed by atoms with van der Waals surface area (Å²) in [5.41, 5.74) is 0.414. The predicted molar refractivity (Wildman–Crippen MR) is 79.9 cm³/mol. The maximum absolute atomic E-state index is 13.6. The highest BCUT2D eigenvalue weighted by atomic mass is 19.1. The van der Waals surface area contributed by atoms with Crippen LogP contribution in [0.1, 0.15) is 15.9 Å². The first kappa shape index (κ1) is 13.9. The summed E-state index contributed by atoms with van der Waals surface area (Å²) in [7, 11) is 0. The molecule has 2 heterocycles. The van der Waals surface area contributed by atoms with Crippen LogP contribution >= 0.6 is 0 Å². The van der Waals surface area contributed by atoms with Crippen molar-refractivity contribution in [2.45, 2.75) is 6.54 Å². The van der Waals surface area contributed by atoms with E-state index in [0.29, 0.717) is 0 Å². The summed E-state index contributed by atoms with van der Waals surface area (Å²) in [6, 6.07) is 7.70. The van der Waals surface area contributed by atoms with Gasteiger partial charge >= 0.3 is 0 Å². The summed E-state index contributed by atoms with van der Waals surface area (Å²) in [5, 5.41) is 2.80. The number of carbonyl (C=O) groups excluding carboxylic acids is 1. The lowest BCUT2D eigenvalue weighted by atomic mass is 10.1. The number of benzene rings is 1. The average molecular weight is 297 g/mol. The van der Waals surface area contributed by atoms with Gasteiger partial charge in [0, 0.05) is 30.5 Å². The lowest BCUT2D eigenvalue weighted by Gasteiger charge is -2.06. The molecule has 0 saturated heterocycles. The van der Waals surface area contributed by atoms with Gasteiger partial charge in [0.15, 0.2) is 0 Å². The highest BCUT2D eigenvalue weighted by molar-refractivity contribution is 5.97. The molecular formula is C16H12FN3O2. The van der Waals surface area contributed by atoms with Crippen LogP contribution in [0.5, 0.6) is 0 Å². The molecule has 0 radical (unpaired) electrons. The van der Waals surface area contributed by atoms with E-state index in [1.165, 1.54) is 24.4 Å². The molecule has 5 nitrogen and oxygen atoms in total. The molecule has 0 aliphatic heterocycles. The van der Waals surface area contributed by atoms with Crippen LogP contribution in [0.25, 0.3) is 10.9 Å². The zero-order valence-corrected chi connectivity index (χ0v) is 11.5. The van der Waals surface area contributed by atoms with Gasteiger partial charge in [-0.1, -0.05) is 6.07 Å². The van der Waals surface area contributed by atoms with Crippen molar-refractivity contribution < 1.29 is 9.18 Å². The lowest BCUT2D eigenvalue weighted by Crippen LogP contribution is -2.28. The molecule has 2 N–H and O–H groups in total. The van der Waals surface area contributed by atoms with E-state index in [0.717, 1.165) is 5.56 Å². The van der Waals surface area contributed by atoms with Crippen molar-refractivity contribution in [2.24, 2.45) is 0 Å². The number of para-hydroxylation sites is 1. The summed E-state index contributed by atoms with van der Waals surface area (Å²) < 4.78 is 13.6. The van der Waals surface area contributed by atoms with E-state index in [4.69, 9.17) is 0 Å². The van der Waals surface area contributed by atoms with Gasteiger partial charge in [-0.15, -0.1) is 0 Å². The topological polar surface area (TPSA) is 74.8 Å². The highest BCUT2D eigenvalue weighted by Crippen LogP contribution is 2.12. The van der Waals surface area contributed by atoms with E-state index in [9.17, 15) is 14.0 Å². The molecule has 0 aliphatic rings. The standard InChI is InChI=1S/C16H12FN3O2/c17-13-3-1-2-11-14(13)19-9-12(15(11)21)16(22)20-8-10-4-6-18-7-5-10/h1-7,9H,8H2,(H,19,21)(H,20,22). The molecule has 0 unspecified atom stereocenters. The van der Waals surface area contributed by atoms with Gasteiger partial charge in [0.2, 0.25) is 5.43 Å². The number of halogens is 1. The molecule has 0 spiro atoms. The van der Waals surface area contributed by atoms with Crippen molar-refractivity contribution in [2.75, 3.05) is 0 Å². The maximum atomic E-state index is 13.6. The van der Waals surface area contributed by atoms with Crippen molar-refractivity contribution >= 4 is 16.8 Å². The van der Waals surface area contributed by atoms with E-state index in [1.54, 1.807) is 24.5 Å². The summed E-state index contributed by atoms with van der Waals surface area (Å²) in [4.78, 5) is 30.9. The van der Waals surface area contributed by atoms with Gasteiger partial charge < -0.3 is 10.3 Å². The predicted octanol–water partition coefficient (Wildman–Crippen LogP) is 1.99. The second kappa shape index (κ2) is 5.77. The van der Waals surface area contributed by atoms with Crippen LogP contribution in [0.2, 0.25) is 0 Å².